The number of hydrogen-bond acceptors (Lipinski definition) is 6. The third-order valence-corrected chi connectivity index (χ3v) is 3.42. The van der Waals surface area contributed by atoms with Crippen LogP contribution in [-0.2, 0) is 14.3 Å². The zero-order chi connectivity index (χ0) is 19.4. The van der Waals surface area contributed by atoms with Crippen molar-refractivity contribution in [1.29, 1.82) is 0 Å². The predicted octanol–water partition coefficient (Wildman–Crippen LogP) is 0.578. The molecule has 0 aliphatic carbocycles. The Morgan fingerprint density at radius 1 is 1.31 bits per heavy atom. The second-order valence-electron chi connectivity index (χ2n) is 5.37. The highest BCUT2D eigenvalue weighted by Gasteiger charge is 2.16. The van der Waals surface area contributed by atoms with E-state index < -0.39 is 5.91 Å². The maximum absolute atomic E-state index is 12.1. The molecule has 0 bridgehead atoms. The van der Waals surface area contributed by atoms with Gasteiger partial charge in [0.2, 0.25) is 5.91 Å². The number of hydrazone groups is 1. The van der Waals surface area contributed by atoms with Gasteiger partial charge >= 0.3 is 5.97 Å². The number of esters is 1. The summed E-state index contributed by atoms with van der Waals surface area (Å²) in [6.45, 7) is 3.68. The molecule has 0 heterocycles. The Hall–Kier alpha value is -3.10. The number of nitrogens with one attached hydrogen (secondary N) is 3. The van der Waals surface area contributed by atoms with Crippen LogP contribution >= 0.6 is 0 Å². The van der Waals surface area contributed by atoms with Gasteiger partial charge in [-0.15, -0.1) is 0 Å². The number of hydrogen-bond donors (Lipinski definition) is 4. The van der Waals surface area contributed by atoms with Crippen LogP contribution in [0.3, 0.4) is 0 Å². The zero-order valence-electron chi connectivity index (χ0n) is 15.0. The van der Waals surface area contributed by atoms with Gasteiger partial charge in [-0.3, -0.25) is 14.4 Å². The number of carbonyl (C=O) groups excluding carboxylic acids is 3. The molecule has 1 rings (SSSR count). The molecule has 5 N–H and O–H groups in total. The number of carbonyl (C=O) groups is 3. The van der Waals surface area contributed by atoms with Crippen LogP contribution in [0.15, 0.2) is 29.4 Å². The summed E-state index contributed by atoms with van der Waals surface area (Å²) in [6.07, 6.45) is 1.97. The van der Waals surface area contributed by atoms with E-state index in [2.05, 4.69) is 21.1 Å². The van der Waals surface area contributed by atoms with Gasteiger partial charge < -0.3 is 26.5 Å². The Balaban J connectivity index is 2.50. The van der Waals surface area contributed by atoms with Crippen LogP contribution in [0, 0.1) is 0 Å². The fourth-order valence-electron chi connectivity index (χ4n) is 2.12. The minimum absolute atomic E-state index is 0.0977. The quantitative estimate of drug-likeness (QED) is 0.158. The Morgan fingerprint density at radius 3 is 2.73 bits per heavy atom. The number of nitrogens with two attached hydrogens (primary N) is 1. The number of amides is 2. The Bertz CT molecular complexity index is 648. The van der Waals surface area contributed by atoms with Crippen LogP contribution in [0.5, 0.6) is 0 Å². The monoisotopic (exact) mass is 363 g/mol. The molecule has 2 amide bonds. The van der Waals surface area contributed by atoms with Gasteiger partial charge in [0.1, 0.15) is 6.34 Å². The topological polar surface area (TPSA) is 135 Å². The van der Waals surface area contributed by atoms with Gasteiger partial charge in [-0.2, -0.15) is 5.10 Å². The number of rotatable bonds is 10. The molecule has 1 aromatic carbocycles. The van der Waals surface area contributed by atoms with Crippen LogP contribution in [-0.4, -0.2) is 43.3 Å². The number of anilines is 1. The van der Waals surface area contributed by atoms with E-state index in [0.29, 0.717) is 24.3 Å². The maximum Gasteiger partial charge on any atom is 0.307 e. The molecule has 0 saturated carbocycles. The van der Waals surface area contributed by atoms with Crippen LogP contribution in [0.25, 0.3) is 0 Å². The van der Waals surface area contributed by atoms with Gasteiger partial charge in [0.05, 0.1) is 19.6 Å². The van der Waals surface area contributed by atoms with Crippen molar-refractivity contribution in [3.05, 3.63) is 29.8 Å². The number of ether oxygens (including phenoxy) is 1. The first-order valence-corrected chi connectivity index (χ1v) is 8.31. The molecule has 0 radical (unpaired) electrons. The van der Waals surface area contributed by atoms with Gasteiger partial charge in [0.25, 0.3) is 5.91 Å². The highest BCUT2D eigenvalue weighted by atomic mass is 16.5. The summed E-state index contributed by atoms with van der Waals surface area (Å²) in [6, 6.07) is 6.32. The van der Waals surface area contributed by atoms with Gasteiger partial charge in [-0.25, -0.2) is 0 Å². The summed E-state index contributed by atoms with van der Waals surface area (Å²) in [5, 5.41) is 11.3. The summed E-state index contributed by atoms with van der Waals surface area (Å²) < 4.78 is 4.87. The van der Waals surface area contributed by atoms with E-state index in [9.17, 15) is 14.4 Å². The highest BCUT2D eigenvalue weighted by molar-refractivity contribution is 5.97. The molecule has 0 aliphatic rings. The molecule has 0 aromatic heterocycles. The molecule has 0 saturated heterocycles. The minimum Gasteiger partial charge on any atom is -0.466 e. The number of benzene rings is 1. The summed E-state index contributed by atoms with van der Waals surface area (Å²) in [7, 11) is 0. The van der Waals surface area contributed by atoms with E-state index in [4.69, 9.17) is 10.6 Å². The summed E-state index contributed by atoms with van der Waals surface area (Å²) in [4.78, 5) is 35.6. The molecule has 9 heteroatoms. The van der Waals surface area contributed by atoms with Crippen molar-refractivity contribution in [2.45, 2.75) is 32.7 Å². The Labute approximate surface area is 152 Å². The first-order valence-electron chi connectivity index (χ1n) is 8.31. The molecule has 0 spiro atoms. The fraction of sp³-hybridized carbons (Fsp3) is 0.412. The summed E-state index contributed by atoms with van der Waals surface area (Å²) in [5.41, 5.74) is 1.02. The molecular weight excluding hydrogens is 338 g/mol. The standard InChI is InChI=1S/C17H25N5O4/c1-3-13(9-16(24)26-4-2)22-15(23)10-19-17(25)12-6-5-7-14(8-12)20-11-21-18/h5-8,11,13H,3-4,9-10,18H2,1-2H3,(H,19,25)(H,20,21)(H,22,23). The SMILES string of the molecule is CCOC(=O)CC(CC)NC(=O)CNC(=O)c1cccc(NC=NN)c1. The first-order chi connectivity index (χ1) is 12.5. The van der Waals surface area contributed by atoms with E-state index >= 15 is 0 Å². The third-order valence-electron chi connectivity index (χ3n) is 3.42. The molecule has 9 nitrogen and oxygen atoms in total. The third kappa shape index (κ3) is 7.65. The second-order valence-corrected chi connectivity index (χ2v) is 5.37. The Morgan fingerprint density at radius 2 is 2.08 bits per heavy atom. The van der Waals surface area contributed by atoms with Crippen molar-refractivity contribution < 1.29 is 19.1 Å². The molecule has 1 atom stereocenters. The lowest BCUT2D eigenvalue weighted by Crippen LogP contribution is -2.42. The zero-order valence-corrected chi connectivity index (χ0v) is 15.0. The van der Waals surface area contributed by atoms with Crippen LogP contribution in [0.1, 0.15) is 37.0 Å². The van der Waals surface area contributed by atoms with Gasteiger partial charge in [0.15, 0.2) is 0 Å². The van der Waals surface area contributed by atoms with E-state index in [-0.39, 0.29) is 30.9 Å². The predicted molar refractivity (Wildman–Crippen MR) is 98.5 cm³/mol. The molecule has 1 aromatic rings. The lowest BCUT2D eigenvalue weighted by atomic mass is 10.1. The van der Waals surface area contributed by atoms with Crippen LogP contribution < -0.4 is 21.8 Å². The normalized spacial score (nSPS) is 11.6. The van der Waals surface area contributed by atoms with Crippen LogP contribution in [0.2, 0.25) is 0 Å². The molecular formula is C17H25N5O4. The minimum atomic E-state index is -0.396. The van der Waals surface area contributed by atoms with Crippen molar-refractivity contribution in [2.24, 2.45) is 10.9 Å². The first kappa shape index (κ1) is 20.9. The summed E-state index contributed by atoms with van der Waals surface area (Å²) >= 11 is 0. The number of nitrogens with zero attached hydrogens (tertiary/aromatic N) is 1. The Kier molecular flexibility index (Phi) is 9.23. The lowest BCUT2D eigenvalue weighted by molar-refractivity contribution is -0.143. The van der Waals surface area contributed by atoms with Crippen molar-refractivity contribution in [3.8, 4) is 0 Å². The van der Waals surface area contributed by atoms with E-state index in [1.54, 1.807) is 31.2 Å². The van der Waals surface area contributed by atoms with Gasteiger partial charge in [0, 0.05) is 17.3 Å². The van der Waals surface area contributed by atoms with Gasteiger partial charge in [-0.05, 0) is 31.5 Å². The molecule has 1 unspecified atom stereocenters. The van der Waals surface area contributed by atoms with Crippen molar-refractivity contribution >= 4 is 29.8 Å². The molecule has 26 heavy (non-hydrogen) atoms. The highest BCUT2D eigenvalue weighted by Crippen LogP contribution is 2.09. The lowest BCUT2D eigenvalue weighted by Gasteiger charge is -2.16. The van der Waals surface area contributed by atoms with Crippen molar-refractivity contribution in [2.75, 3.05) is 18.5 Å². The molecule has 142 valence electrons. The largest absolute Gasteiger partial charge is 0.466 e. The smallest absolute Gasteiger partial charge is 0.307 e. The van der Waals surface area contributed by atoms with E-state index in [1.807, 2.05) is 6.92 Å². The summed E-state index contributed by atoms with van der Waals surface area (Å²) in [5.74, 6) is 3.87. The second kappa shape index (κ2) is 11.5. The maximum atomic E-state index is 12.1. The fourth-order valence-corrected chi connectivity index (χ4v) is 2.12. The van der Waals surface area contributed by atoms with Crippen LogP contribution in [0.4, 0.5) is 5.69 Å². The van der Waals surface area contributed by atoms with Crippen molar-refractivity contribution in [3.63, 3.8) is 0 Å². The van der Waals surface area contributed by atoms with E-state index in [1.165, 1.54) is 6.34 Å². The average molecular weight is 363 g/mol. The van der Waals surface area contributed by atoms with E-state index in [0.717, 1.165) is 0 Å². The van der Waals surface area contributed by atoms with Gasteiger partial charge in [-0.1, -0.05) is 13.0 Å². The van der Waals surface area contributed by atoms with Crippen molar-refractivity contribution in [1.82, 2.24) is 10.6 Å². The molecule has 0 aliphatic heterocycles. The molecule has 0 fully saturated rings. The average Bonchev–Trinajstić information content (AvgIpc) is 2.64.